The third kappa shape index (κ3) is 6.84. The Morgan fingerprint density at radius 3 is 2.28 bits per heavy atom. The molecule has 0 amide bonds. The van der Waals surface area contributed by atoms with E-state index in [4.69, 9.17) is 14.2 Å². The zero-order chi connectivity index (χ0) is 26.1. The Labute approximate surface area is 211 Å². The summed E-state index contributed by atoms with van der Waals surface area (Å²) in [7, 11) is 0. The lowest BCUT2D eigenvalue weighted by atomic mass is 10.0. The van der Waals surface area contributed by atoms with Crippen LogP contribution >= 0.6 is 0 Å². The van der Waals surface area contributed by atoms with E-state index in [1.165, 1.54) is 6.92 Å². The molecular weight excluding hydrogens is 458 g/mol. The van der Waals surface area contributed by atoms with E-state index in [1.807, 2.05) is 47.9 Å². The van der Waals surface area contributed by atoms with Crippen molar-refractivity contribution in [2.24, 2.45) is 0 Å². The van der Waals surface area contributed by atoms with Gasteiger partial charge in [0.1, 0.15) is 12.3 Å². The molecule has 0 unspecified atom stereocenters. The molecule has 0 spiro atoms. The molecule has 1 aromatic heterocycles. The van der Waals surface area contributed by atoms with Crippen LogP contribution in [0.2, 0.25) is 0 Å². The van der Waals surface area contributed by atoms with Crippen molar-refractivity contribution in [3.8, 4) is 5.75 Å². The number of hydrogen-bond acceptors (Lipinski definition) is 6. The average molecular weight is 492 g/mol. The number of esters is 3. The van der Waals surface area contributed by atoms with Crippen molar-refractivity contribution in [1.29, 1.82) is 0 Å². The van der Waals surface area contributed by atoms with E-state index in [9.17, 15) is 14.4 Å². The molecule has 0 aliphatic rings. The van der Waals surface area contributed by atoms with Gasteiger partial charge in [-0.3, -0.25) is 14.4 Å². The predicted molar refractivity (Wildman–Crippen MR) is 140 cm³/mol. The van der Waals surface area contributed by atoms with Crippen LogP contribution in [0.1, 0.15) is 56.0 Å². The van der Waals surface area contributed by atoms with Gasteiger partial charge in [-0.2, -0.15) is 0 Å². The minimum absolute atomic E-state index is 0.107. The van der Waals surface area contributed by atoms with E-state index in [0.717, 1.165) is 33.3 Å². The molecule has 3 aromatic rings. The van der Waals surface area contributed by atoms with Crippen molar-refractivity contribution in [3.05, 3.63) is 64.8 Å². The molecule has 3 rings (SSSR count). The van der Waals surface area contributed by atoms with Gasteiger partial charge in [0.15, 0.2) is 0 Å². The van der Waals surface area contributed by atoms with E-state index in [0.29, 0.717) is 38.2 Å². The van der Waals surface area contributed by atoms with E-state index in [2.05, 4.69) is 6.07 Å². The van der Waals surface area contributed by atoms with Gasteiger partial charge >= 0.3 is 17.9 Å². The third-order valence-corrected chi connectivity index (χ3v) is 5.81. The molecule has 0 aliphatic carbocycles. The molecule has 0 radical (unpaired) electrons. The van der Waals surface area contributed by atoms with Gasteiger partial charge in [0.25, 0.3) is 0 Å². The summed E-state index contributed by atoms with van der Waals surface area (Å²) in [5.74, 6) is -0.363. The quantitative estimate of drug-likeness (QED) is 0.200. The van der Waals surface area contributed by atoms with Crippen LogP contribution < -0.4 is 4.74 Å². The molecule has 0 atom stereocenters. The van der Waals surface area contributed by atoms with Gasteiger partial charge in [-0.25, -0.2) is 0 Å². The number of fused-ring (bicyclic) bond motifs is 1. The minimum Gasteiger partial charge on any atom is -0.466 e. The third-order valence-electron chi connectivity index (χ3n) is 5.81. The zero-order valence-electron chi connectivity index (χ0n) is 21.3. The summed E-state index contributed by atoms with van der Waals surface area (Å²) >= 11 is 0. The standard InChI is InChI=1S/C29H33NO6/c1-5-34-27(32)12-8-10-25-20(3)30(19-28(33)35-6-2)29-23(9-7-11-26(25)29)16-13-22-14-17-24(18-15-22)36-21(4)31/h7,9,11,13-18H,5-6,8,10,12,19H2,1-4H3. The van der Waals surface area contributed by atoms with Gasteiger partial charge in [-0.05, 0) is 62.4 Å². The average Bonchev–Trinajstić information content (AvgIpc) is 3.10. The summed E-state index contributed by atoms with van der Waals surface area (Å²) in [6.45, 7) is 7.76. The van der Waals surface area contributed by atoms with Gasteiger partial charge in [-0.15, -0.1) is 0 Å². The molecule has 7 heteroatoms. The van der Waals surface area contributed by atoms with E-state index < -0.39 is 0 Å². The molecule has 0 saturated heterocycles. The molecule has 0 aliphatic heterocycles. The van der Waals surface area contributed by atoms with Crippen LogP contribution in [0, 0.1) is 6.92 Å². The van der Waals surface area contributed by atoms with Crippen molar-refractivity contribution in [2.75, 3.05) is 13.2 Å². The summed E-state index contributed by atoms with van der Waals surface area (Å²) in [5.41, 5.74) is 4.94. The first kappa shape index (κ1) is 26.7. The fourth-order valence-electron chi connectivity index (χ4n) is 4.26. The van der Waals surface area contributed by atoms with Crippen LogP contribution in [0.15, 0.2) is 42.5 Å². The highest BCUT2D eigenvalue weighted by atomic mass is 16.5. The molecule has 36 heavy (non-hydrogen) atoms. The van der Waals surface area contributed by atoms with Crippen LogP contribution in [0.5, 0.6) is 5.75 Å². The van der Waals surface area contributed by atoms with Crippen molar-refractivity contribution >= 4 is 41.0 Å². The number of hydrogen-bond donors (Lipinski definition) is 0. The molecule has 190 valence electrons. The molecule has 0 saturated carbocycles. The monoisotopic (exact) mass is 491 g/mol. The van der Waals surface area contributed by atoms with Crippen molar-refractivity contribution in [2.45, 2.75) is 53.5 Å². The molecule has 0 N–H and O–H groups in total. The molecule has 1 heterocycles. The highest BCUT2D eigenvalue weighted by molar-refractivity contribution is 5.95. The summed E-state index contributed by atoms with van der Waals surface area (Å²) in [5, 5.41) is 1.05. The van der Waals surface area contributed by atoms with Crippen molar-refractivity contribution in [3.63, 3.8) is 0 Å². The second kappa shape index (κ2) is 12.7. The Hall–Kier alpha value is -3.87. The van der Waals surface area contributed by atoms with Crippen LogP contribution in [0.25, 0.3) is 23.1 Å². The fourth-order valence-corrected chi connectivity index (χ4v) is 4.26. The number of rotatable bonds is 11. The molecular formula is C29H33NO6. The number of ether oxygens (including phenoxy) is 3. The first-order valence-electron chi connectivity index (χ1n) is 12.2. The van der Waals surface area contributed by atoms with Crippen LogP contribution in [-0.2, 0) is 36.8 Å². The molecule has 2 aromatic carbocycles. The second-order valence-corrected chi connectivity index (χ2v) is 8.35. The molecule has 0 fully saturated rings. The van der Waals surface area contributed by atoms with Gasteiger partial charge in [0.05, 0.1) is 18.7 Å². The Balaban J connectivity index is 1.96. The van der Waals surface area contributed by atoms with Gasteiger partial charge in [0.2, 0.25) is 0 Å². The normalized spacial score (nSPS) is 11.1. The zero-order valence-corrected chi connectivity index (χ0v) is 21.3. The number of aryl methyl sites for hydroxylation is 1. The summed E-state index contributed by atoms with van der Waals surface area (Å²) in [6, 6.07) is 13.3. The van der Waals surface area contributed by atoms with E-state index in [-0.39, 0.29) is 24.5 Å². The first-order valence-corrected chi connectivity index (χ1v) is 12.2. The van der Waals surface area contributed by atoms with Gasteiger partial charge < -0.3 is 18.8 Å². The highest BCUT2D eigenvalue weighted by Crippen LogP contribution is 2.31. The number of carbonyl (C=O) groups excluding carboxylic acids is 3. The highest BCUT2D eigenvalue weighted by Gasteiger charge is 2.18. The largest absolute Gasteiger partial charge is 0.466 e. The maximum Gasteiger partial charge on any atom is 0.325 e. The predicted octanol–water partition coefficient (Wildman–Crippen LogP) is 5.49. The number of carbonyl (C=O) groups is 3. The lowest BCUT2D eigenvalue weighted by Gasteiger charge is -2.10. The van der Waals surface area contributed by atoms with Crippen molar-refractivity contribution < 1.29 is 28.6 Å². The van der Waals surface area contributed by atoms with Crippen LogP contribution in [0.3, 0.4) is 0 Å². The topological polar surface area (TPSA) is 83.8 Å². The lowest BCUT2D eigenvalue weighted by Crippen LogP contribution is -2.14. The Morgan fingerprint density at radius 1 is 0.917 bits per heavy atom. The number of nitrogens with zero attached hydrogens (tertiary/aromatic N) is 1. The summed E-state index contributed by atoms with van der Waals surface area (Å²) in [6.07, 6.45) is 5.69. The van der Waals surface area contributed by atoms with Crippen molar-refractivity contribution in [1.82, 2.24) is 4.57 Å². The smallest absolute Gasteiger partial charge is 0.325 e. The Kier molecular flexibility index (Phi) is 9.45. The number of aromatic nitrogens is 1. The molecule has 0 bridgehead atoms. The van der Waals surface area contributed by atoms with Gasteiger partial charge in [-0.1, -0.05) is 42.5 Å². The number of benzene rings is 2. The van der Waals surface area contributed by atoms with E-state index >= 15 is 0 Å². The SMILES string of the molecule is CCOC(=O)CCCc1c(C)n(CC(=O)OCC)c2c(C=Cc3ccc(OC(C)=O)cc3)cccc12. The maximum absolute atomic E-state index is 12.4. The summed E-state index contributed by atoms with van der Waals surface area (Å²) in [4.78, 5) is 35.4. The van der Waals surface area contributed by atoms with Crippen LogP contribution in [-0.4, -0.2) is 35.7 Å². The fraction of sp³-hybridized carbons (Fsp3) is 0.345. The first-order chi connectivity index (χ1) is 17.3. The Bertz CT molecular complexity index is 1250. The maximum atomic E-state index is 12.4. The number of para-hydroxylation sites is 1. The minimum atomic E-state index is -0.360. The molecule has 7 nitrogen and oxygen atoms in total. The van der Waals surface area contributed by atoms with Crippen LogP contribution in [0.4, 0.5) is 0 Å². The second-order valence-electron chi connectivity index (χ2n) is 8.35. The summed E-state index contributed by atoms with van der Waals surface area (Å²) < 4.78 is 17.4. The Morgan fingerprint density at radius 2 is 1.61 bits per heavy atom. The lowest BCUT2D eigenvalue weighted by molar-refractivity contribution is -0.144. The van der Waals surface area contributed by atoms with E-state index in [1.54, 1.807) is 26.0 Å². The van der Waals surface area contributed by atoms with Gasteiger partial charge in [0, 0.05) is 24.4 Å².